The Kier molecular flexibility index (Phi) is 5.38. The molecule has 0 unspecified atom stereocenters. The second kappa shape index (κ2) is 6.94. The first-order valence-electron chi connectivity index (χ1n) is 7.57. The topological polar surface area (TPSA) is 89.8 Å². The summed E-state index contributed by atoms with van der Waals surface area (Å²) in [6.45, 7) is 4.29. The van der Waals surface area contributed by atoms with Gasteiger partial charge in [0.2, 0.25) is 10.0 Å². The molecule has 1 heterocycles. The van der Waals surface area contributed by atoms with Crippen LogP contribution in [0.25, 0.3) is 0 Å². The van der Waals surface area contributed by atoms with Gasteiger partial charge in [0.05, 0.1) is 11.0 Å². The molecule has 1 aliphatic rings. The molecule has 0 aliphatic carbocycles. The molecule has 1 saturated heterocycles. The minimum absolute atomic E-state index is 0.158. The van der Waals surface area contributed by atoms with E-state index >= 15 is 0 Å². The van der Waals surface area contributed by atoms with Gasteiger partial charge in [0.1, 0.15) is 0 Å². The Morgan fingerprint density at radius 3 is 2.52 bits per heavy atom. The van der Waals surface area contributed by atoms with Crippen molar-refractivity contribution >= 4 is 15.7 Å². The van der Waals surface area contributed by atoms with Gasteiger partial charge in [0.25, 0.3) is 5.69 Å². The van der Waals surface area contributed by atoms with Crippen molar-refractivity contribution in [1.29, 1.82) is 0 Å². The lowest BCUT2D eigenvalue weighted by Gasteiger charge is -2.27. The van der Waals surface area contributed by atoms with E-state index in [1.807, 2.05) is 0 Å². The van der Waals surface area contributed by atoms with Crippen LogP contribution in [-0.4, -0.2) is 43.9 Å². The maximum atomic E-state index is 12.8. The lowest BCUT2D eigenvalue weighted by Crippen LogP contribution is -2.37. The third-order valence-corrected chi connectivity index (χ3v) is 6.05. The molecule has 1 fully saturated rings. The fourth-order valence-corrected chi connectivity index (χ4v) is 4.05. The number of nitro benzene ring substituents is 1. The summed E-state index contributed by atoms with van der Waals surface area (Å²) in [5.74, 6) is 0. The fraction of sp³-hybridized carbons (Fsp3) is 0.600. The number of hydrogen-bond acceptors (Lipinski definition) is 5. The van der Waals surface area contributed by atoms with Crippen molar-refractivity contribution in [2.45, 2.75) is 44.1 Å². The van der Waals surface area contributed by atoms with Gasteiger partial charge in [-0.3, -0.25) is 10.1 Å². The number of likely N-dealkylation sites (N-methyl/N-ethyl adjacent to an activating group) is 1. The van der Waals surface area contributed by atoms with Gasteiger partial charge in [-0.05, 0) is 50.3 Å². The molecular weight excluding hydrogens is 320 g/mol. The molecule has 0 N–H and O–H groups in total. The van der Waals surface area contributed by atoms with Crippen LogP contribution in [0.5, 0.6) is 0 Å². The first-order valence-corrected chi connectivity index (χ1v) is 9.01. The zero-order valence-electron chi connectivity index (χ0n) is 13.6. The van der Waals surface area contributed by atoms with Crippen LogP contribution >= 0.6 is 0 Å². The molecule has 0 spiro atoms. The van der Waals surface area contributed by atoms with Crippen molar-refractivity contribution in [2.75, 3.05) is 20.2 Å². The van der Waals surface area contributed by atoms with Gasteiger partial charge in [-0.1, -0.05) is 0 Å². The lowest BCUT2D eigenvalue weighted by molar-refractivity contribution is -0.387. The predicted molar refractivity (Wildman–Crippen MR) is 86.0 cm³/mol. The molecule has 0 amide bonds. The van der Waals surface area contributed by atoms with E-state index in [1.165, 1.54) is 19.2 Å². The Labute approximate surface area is 136 Å². The van der Waals surface area contributed by atoms with E-state index in [9.17, 15) is 18.5 Å². The van der Waals surface area contributed by atoms with Crippen LogP contribution in [0.4, 0.5) is 5.69 Å². The standard InChI is InChI=1S/C15H22N2O5S/c1-11-8-14(17(18)19)15(9-12(11)2)23(20,21)16(3)10-13-6-4-5-7-22-13/h8-9,13H,4-7,10H2,1-3H3/t13-/m1/s1. The second-order valence-electron chi connectivity index (χ2n) is 5.94. The summed E-state index contributed by atoms with van der Waals surface area (Å²) in [4.78, 5) is 10.3. The molecular formula is C15H22N2O5S. The Bertz CT molecular complexity index is 696. The normalized spacial score (nSPS) is 19.0. The molecule has 23 heavy (non-hydrogen) atoms. The Hall–Kier alpha value is -1.51. The summed E-state index contributed by atoms with van der Waals surface area (Å²) in [5.41, 5.74) is 1.01. The molecule has 128 valence electrons. The summed E-state index contributed by atoms with van der Waals surface area (Å²) < 4.78 is 32.2. The van der Waals surface area contributed by atoms with Crippen LogP contribution in [0.2, 0.25) is 0 Å². The molecule has 7 nitrogen and oxygen atoms in total. The smallest absolute Gasteiger partial charge is 0.289 e. The zero-order chi connectivity index (χ0) is 17.2. The number of benzene rings is 1. The predicted octanol–water partition coefficient (Wildman–Crippen LogP) is 2.40. The Morgan fingerprint density at radius 1 is 1.30 bits per heavy atom. The van der Waals surface area contributed by atoms with Crippen LogP contribution in [0.3, 0.4) is 0 Å². The number of nitro groups is 1. The largest absolute Gasteiger partial charge is 0.377 e. The highest BCUT2D eigenvalue weighted by atomic mass is 32.2. The Morgan fingerprint density at radius 2 is 1.96 bits per heavy atom. The zero-order valence-corrected chi connectivity index (χ0v) is 14.4. The second-order valence-corrected chi connectivity index (χ2v) is 7.95. The summed E-state index contributed by atoms with van der Waals surface area (Å²) in [6, 6.07) is 2.69. The van der Waals surface area contributed by atoms with Gasteiger partial charge in [-0.25, -0.2) is 8.42 Å². The molecule has 1 aromatic carbocycles. The molecule has 2 rings (SSSR count). The van der Waals surface area contributed by atoms with E-state index in [0.29, 0.717) is 17.7 Å². The van der Waals surface area contributed by atoms with E-state index < -0.39 is 14.9 Å². The summed E-state index contributed by atoms with van der Waals surface area (Å²) in [5, 5.41) is 11.2. The van der Waals surface area contributed by atoms with Gasteiger partial charge in [-0.2, -0.15) is 4.31 Å². The molecule has 1 aliphatic heterocycles. The highest BCUT2D eigenvalue weighted by Crippen LogP contribution is 2.29. The van der Waals surface area contributed by atoms with Crippen molar-refractivity contribution in [2.24, 2.45) is 0 Å². The molecule has 0 saturated carbocycles. The van der Waals surface area contributed by atoms with Crippen LogP contribution < -0.4 is 0 Å². The number of ether oxygens (including phenoxy) is 1. The van der Waals surface area contributed by atoms with Crippen LogP contribution in [0.1, 0.15) is 30.4 Å². The van der Waals surface area contributed by atoms with Crippen LogP contribution in [0, 0.1) is 24.0 Å². The van der Waals surface area contributed by atoms with Crippen LogP contribution in [0.15, 0.2) is 17.0 Å². The molecule has 0 radical (unpaired) electrons. The third-order valence-electron chi connectivity index (χ3n) is 4.19. The number of aryl methyl sites for hydroxylation is 2. The van der Waals surface area contributed by atoms with Crippen molar-refractivity contribution in [3.8, 4) is 0 Å². The molecule has 1 aromatic rings. The van der Waals surface area contributed by atoms with Crippen molar-refractivity contribution in [1.82, 2.24) is 4.31 Å². The van der Waals surface area contributed by atoms with Crippen molar-refractivity contribution in [3.63, 3.8) is 0 Å². The lowest BCUT2D eigenvalue weighted by atomic mass is 10.1. The van der Waals surface area contributed by atoms with E-state index in [2.05, 4.69) is 0 Å². The minimum Gasteiger partial charge on any atom is -0.377 e. The SMILES string of the molecule is Cc1cc([N+](=O)[O-])c(S(=O)(=O)N(C)C[C@H]2CCCCO2)cc1C. The van der Waals surface area contributed by atoms with Gasteiger partial charge in [0, 0.05) is 26.3 Å². The highest BCUT2D eigenvalue weighted by Gasteiger charge is 2.32. The number of nitrogens with zero attached hydrogens (tertiary/aromatic N) is 2. The fourth-order valence-electron chi connectivity index (χ4n) is 2.63. The molecule has 1 atom stereocenters. The maximum Gasteiger partial charge on any atom is 0.289 e. The van der Waals surface area contributed by atoms with E-state index in [4.69, 9.17) is 4.74 Å². The quantitative estimate of drug-likeness (QED) is 0.605. The third kappa shape index (κ3) is 3.88. The monoisotopic (exact) mass is 342 g/mol. The van der Waals surface area contributed by atoms with E-state index in [0.717, 1.165) is 23.6 Å². The van der Waals surface area contributed by atoms with Crippen LogP contribution in [-0.2, 0) is 14.8 Å². The molecule has 0 aromatic heterocycles. The summed E-state index contributed by atoms with van der Waals surface area (Å²) in [7, 11) is -2.50. The van der Waals surface area contributed by atoms with Gasteiger partial charge >= 0.3 is 0 Å². The summed E-state index contributed by atoms with van der Waals surface area (Å²) >= 11 is 0. The number of rotatable bonds is 5. The maximum absolute atomic E-state index is 12.8. The average Bonchev–Trinajstić information content (AvgIpc) is 2.50. The minimum atomic E-state index is -3.94. The highest BCUT2D eigenvalue weighted by molar-refractivity contribution is 7.89. The molecule has 0 bridgehead atoms. The first-order chi connectivity index (χ1) is 10.7. The van der Waals surface area contributed by atoms with Gasteiger partial charge in [0.15, 0.2) is 4.90 Å². The number of hydrogen-bond donors (Lipinski definition) is 0. The van der Waals surface area contributed by atoms with E-state index in [1.54, 1.807) is 13.8 Å². The van der Waals surface area contributed by atoms with Gasteiger partial charge in [-0.15, -0.1) is 0 Å². The average molecular weight is 342 g/mol. The van der Waals surface area contributed by atoms with Crippen molar-refractivity contribution < 1.29 is 18.1 Å². The summed E-state index contributed by atoms with van der Waals surface area (Å²) in [6.07, 6.45) is 2.63. The first kappa shape index (κ1) is 17.8. The number of sulfonamides is 1. The van der Waals surface area contributed by atoms with E-state index in [-0.39, 0.29) is 23.2 Å². The van der Waals surface area contributed by atoms with Gasteiger partial charge < -0.3 is 4.74 Å². The molecule has 8 heteroatoms. The Balaban J connectivity index is 2.34. The van der Waals surface area contributed by atoms with Crippen molar-refractivity contribution in [3.05, 3.63) is 33.4 Å².